The third kappa shape index (κ3) is 5.11. The first-order valence-electron chi connectivity index (χ1n) is 8.01. The van der Waals surface area contributed by atoms with Gasteiger partial charge in [0.05, 0.1) is 17.7 Å². The van der Waals surface area contributed by atoms with Crippen LogP contribution in [-0.2, 0) is 11.3 Å². The van der Waals surface area contributed by atoms with E-state index in [1.165, 1.54) is 18.2 Å². The van der Waals surface area contributed by atoms with E-state index in [2.05, 4.69) is 26.3 Å². The van der Waals surface area contributed by atoms with E-state index in [4.69, 9.17) is 0 Å². The molecule has 1 N–H and O–H groups in total. The van der Waals surface area contributed by atoms with Crippen LogP contribution < -0.4 is 5.32 Å². The summed E-state index contributed by atoms with van der Waals surface area (Å²) in [5.74, 6) is 0.262. The first kappa shape index (κ1) is 18.5. The summed E-state index contributed by atoms with van der Waals surface area (Å²) in [5.41, 5.74) is 1.75. The van der Waals surface area contributed by atoms with Gasteiger partial charge in [-0.1, -0.05) is 28.1 Å². The van der Waals surface area contributed by atoms with Crippen LogP contribution in [0, 0.1) is 10.1 Å². The van der Waals surface area contributed by atoms with E-state index in [9.17, 15) is 14.9 Å². The minimum atomic E-state index is -0.466. The van der Waals surface area contributed by atoms with Gasteiger partial charge >= 0.3 is 0 Å². The van der Waals surface area contributed by atoms with Gasteiger partial charge < -0.3 is 5.32 Å². The molecule has 0 aliphatic heterocycles. The standard InChI is InChI=1S/C19H15BrN4O3/c20-16-3-1-2-15(12-16)13-23-18(10-11-21-23)22-19(25)9-6-14-4-7-17(8-5-14)24(26)27/h1-12H,13H2,(H,22,25)/b9-6+. The van der Waals surface area contributed by atoms with E-state index < -0.39 is 4.92 Å². The molecule has 0 aliphatic carbocycles. The Balaban J connectivity index is 1.64. The zero-order valence-corrected chi connectivity index (χ0v) is 15.7. The second-order valence-corrected chi connectivity index (χ2v) is 6.59. The minimum absolute atomic E-state index is 0.00746. The summed E-state index contributed by atoms with van der Waals surface area (Å²) in [4.78, 5) is 22.3. The van der Waals surface area contributed by atoms with Crippen LogP contribution in [0.5, 0.6) is 0 Å². The number of anilines is 1. The molecule has 1 amide bonds. The predicted octanol–water partition coefficient (Wildman–Crippen LogP) is 4.25. The van der Waals surface area contributed by atoms with Crippen molar-refractivity contribution >= 4 is 39.4 Å². The maximum absolute atomic E-state index is 12.2. The van der Waals surface area contributed by atoms with Crippen LogP contribution in [-0.4, -0.2) is 20.6 Å². The number of nitrogens with one attached hydrogen (secondary N) is 1. The summed E-state index contributed by atoms with van der Waals surface area (Å²) >= 11 is 3.43. The molecule has 0 saturated carbocycles. The quantitative estimate of drug-likeness (QED) is 0.362. The zero-order chi connectivity index (χ0) is 19.2. The number of carbonyl (C=O) groups is 1. The normalized spacial score (nSPS) is 10.9. The fourth-order valence-corrected chi connectivity index (χ4v) is 2.87. The van der Waals surface area contributed by atoms with E-state index in [-0.39, 0.29) is 11.6 Å². The first-order valence-corrected chi connectivity index (χ1v) is 8.80. The summed E-state index contributed by atoms with van der Waals surface area (Å²) in [6, 6.07) is 15.5. The minimum Gasteiger partial charge on any atom is -0.307 e. The Morgan fingerprint density at radius 1 is 1.22 bits per heavy atom. The van der Waals surface area contributed by atoms with Crippen molar-refractivity contribution in [2.75, 3.05) is 5.32 Å². The smallest absolute Gasteiger partial charge is 0.269 e. The highest BCUT2D eigenvalue weighted by Crippen LogP contribution is 2.16. The molecule has 3 rings (SSSR count). The number of hydrogen-bond acceptors (Lipinski definition) is 4. The van der Waals surface area contributed by atoms with Crippen LogP contribution in [0.1, 0.15) is 11.1 Å². The SMILES string of the molecule is O=C(/C=C/c1ccc([N+](=O)[O-])cc1)Nc1ccnn1Cc1cccc(Br)c1. The summed E-state index contributed by atoms with van der Waals surface area (Å²) < 4.78 is 2.67. The number of halogens is 1. The fourth-order valence-electron chi connectivity index (χ4n) is 2.42. The number of nitro groups is 1. The van der Waals surface area contributed by atoms with Crippen LogP contribution in [0.2, 0.25) is 0 Å². The number of benzene rings is 2. The van der Waals surface area contributed by atoms with Gasteiger partial charge in [-0.3, -0.25) is 14.9 Å². The van der Waals surface area contributed by atoms with Gasteiger partial charge in [0.2, 0.25) is 5.91 Å². The van der Waals surface area contributed by atoms with Crippen molar-refractivity contribution in [3.63, 3.8) is 0 Å². The molecule has 0 radical (unpaired) electrons. The number of hydrogen-bond donors (Lipinski definition) is 1. The number of nitro benzene ring substituents is 1. The molecule has 0 fully saturated rings. The van der Waals surface area contributed by atoms with Crippen LogP contribution in [0.25, 0.3) is 6.08 Å². The van der Waals surface area contributed by atoms with Crippen LogP contribution in [0.3, 0.4) is 0 Å². The Morgan fingerprint density at radius 2 is 2.00 bits per heavy atom. The topological polar surface area (TPSA) is 90.1 Å². The Kier molecular flexibility index (Phi) is 5.77. The molecule has 0 unspecified atom stereocenters. The van der Waals surface area contributed by atoms with Crippen LogP contribution in [0.15, 0.2) is 71.3 Å². The lowest BCUT2D eigenvalue weighted by Crippen LogP contribution is -2.13. The monoisotopic (exact) mass is 426 g/mol. The summed E-state index contributed by atoms with van der Waals surface area (Å²) in [7, 11) is 0. The predicted molar refractivity (Wildman–Crippen MR) is 106 cm³/mol. The number of non-ortho nitro benzene ring substituents is 1. The molecule has 2 aromatic carbocycles. The van der Waals surface area contributed by atoms with Crippen molar-refractivity contribution in [2.24, 2.45) is 0 Å². The Bertz CT molecular complexity index is 996. The number of rotatable bonds is 6. The molecule has 0 aliphatic rings. The van der Waals surface area contributed by atoms with Crippen molar-refractivity contribution in [3.8, 4) is 0 Å². The molecule has 0 bridgehead atoms. The highest BCUT2D eigenvalue weighted by atomic mass is 79.9. The molecule has 0 saturated heterocycles. The molecule has 0 spiro atoms. The number of carbonyl (C=O) groups excluding carboxylic acids is 1. The molecule has 1 heterocycles. The molecule has 27 heavy (non-hydrogen) atoms. The van der Waals surface area contributed by atoms with Crippen molar-refractivity contribution in [3.05, 3.63) is 92.6 Å². The third-order valence-electron chi connectivity index (χ3n) is 3.72. The average molecular weight is 427 g/mol. The number of nitrogens with zero attached hydrogens (tertiary/aromatic N) is 3. The van der Waals surface area contributed by atoms with Gasteiger partial charge in [-0.15, -0.1) is 0 Å². The highest BCUT2D eigenvalue weighted by Gasteiger charge is 2.07. The van der Waals surface area contributed by atoms with E-state index >= 15 is 0 Å². The van der Waals surface area contributed by atoms with E-state index in [1.54, 1.807) is 35.2 Å². The largest absolute Gasteiger partial charge is 0.307 e. The maximum atomic E-state index is 12.2. The lowest BCUT2D eigenvalue weighted by molar-refractivity contribution is -0.384. The highest BCUT2D eigenvalue weighted by molar-refractivity contribution is 9.10. The molecule has 1 aromatic heterocycles. The summed E-state index contributed by atoms with van der Waals surface area (Å²) in [6.07, 6.45) is 4.58. The molecular formula is C19H15BrN4O3. The molecule has 0 atom stereocenters. The van der Waals surface area contributed by atoms with Gasteiger partial charge in [0, 0.05) is 28.7 Å². The van der Waals surface area contributed by atoms with Gasteiger partial charge in [0.25, 0.3) is 5.69 Å². The molecular weight excluding hydrogens is 412 g/mol. The fraction of sp³-hybridized carbons (Fsp3) is 0.0526. The number of aromatic nitrogens is 2. The summed E-state index contributed by atoms with van der Waals surface area (Å²) in [6.45, 7) is 0.522. The molecule has 8 heteroatoms. The lowest BCUT2D eigenvalue weighted by atomic mass is 10.2. The lowest BCUT2D eigenvalue weighted by Gasteiger charge is -2.08. The molecule has 136 valence electrons. The van der Waals surface area contributed by atoms with Gasteiger partial charge in [0.15, 0.2) is 0 Å². The van der Waals surface area contributed by atoms with Crippen molar-refractivity contribution in [1.29, 1.82) is 0 Å². The van der Waals surface area contributed by atoms with Crippen molar-refractivity contribution in [1.82, 2.24) is 9.78 Å². The third-order valence-corrected chi connectivity index (χ3v) is 4.21. The Labute approximate surface area is 163 Å². The zero-order valence-electron chi connectivity index (χ0n) is 14.1. The van der Waals surface area contributed by atoms with Crippen LogP contribution >= 0.6 is 15.9 Å². The van der Waals surface area contributed by atoms with E-state index in [1.807, 2.05) is 24.3 Å². The van der Waals surface area contributed by atoms with Crippen molar-refractivity contribution in [2.45, 2.75) is 6.54 Å². The number of amides is 1. The second kappa shape index (κ2) is 8.41. The van der Waals surface area contributed by atoms with Gasteiger partial charge in [0.1, 0.15) is 5.82 Å². The van der Waals surface area contributed by atoms with E-state index in [0.717, 1.165) is 10.0 Å². The summed E-state index contributed by atoms with van der Waals surface area (Å²) in [5, 5.41) is 17.7. The maximum Gasteiger partial charge on any atom is 0.269 e. The van der Waals surface area contributed by atoms with Crippen molar-refractivity contribution < 1.29 is 9.72 Å². The Hall–Kier alpha value is -3.26. The van der Waals surface area contributed by atoms with Gasteiger partial charge in [-0.2, -0.15) is 5.10 Å². The Morgan fingerprint density at radius 3 is 2.70 bits per heavy atom. The molecule has 7 nitrogen and oxygen atoms in total. The average Bonchev–Trinajstić information content (AvgIpc) is 3.07. The first-order chi connectivity index (χ1) is 13.0. The van der Waals surface area contributed by atoms with Crippen LogP contribution in [0.4, 0.5) is 11.5 Å². The van der Waals surface area contributed by atoms with E-state index in [0.29, 0.717) is 17.9 Å². The molecule has 3 aromatic rings. The van der Waals surface area contributed by atoms with Gasteiger partial charge in [-0.25, -0.2) is 4.68 Å². The second-order valence-electron chi connectivity index (χ2n) is 5.68. The van der Waals surface area contributed by atoms with Gasteiger partial charge in [-0.05, 0) is 41.5 Å².